The Bertz CT molecular complexity index is 615. The number of aromatic nitrogens is 2. The normalized spacial score (nSPS) is 10.1. The third-order valence-corrected chi connectivity index (χ3v) is 3.56. The zero-order valence-corrected chi connectivity index (χ0v) is 12.4. The van der Waals surface area contributed by atoms with Crippen molar-refractivity contribution in [1.82, 2.24) is 9.97 Å². The van der Waals surface area contributed by atoms with Gasteiger partial charge in [0.25, 0.3) is 0 Å². The average molecular weight is 301 g/mol. The molecule has 108 valence electrons. The summed E-state index contributed by atoms with van der Waals surface area (Å²) in [5.74, 6) is 0.233. The van der Waals surface area contributed by atoms with Crippen LogP contribution in [0.5, 0.6) is 0 Å². The van der Waals surface area contributed by atoms with Crippen LogP contribution in [0.15, 0.2) is 47.9 Å². The fourth-order valence-corrected chi connectivity index (χ4v) is 2.26. The van der Waals surface area contributed by atoms with Gasteiger partial charge < -0.3 is 5.32 Å². The van der Waals surface area contributed by atoms with E-state index in [1.165, 1.54) is 11.8 Å². The van der Waals surface area contributed by atoms with Gasteiger partial charge >= 0.3 is 0 Å². The first kappa shape index (κ1) is 15.2. The van der Waals surface area contributed by atoms with Crippen LogP contribution < -0.4 is 5.32 Å². The molecule has 0 saturated heterocycles. The molecule has 0 atom stereocenters. The maximum absolute atomic E-state index is 12.0. The Kier molecular flexibility index (Phi) is 5.45. The number of Topliss-reactive ketones (excluding diaryl/α,β-unsaturated/α-hetero) is 1. The molecule has 1 amide bonds. The van der Waals surface area contributed by atoms with Crippen molar-refractivity contribution in [3.63, 3.8) is 0 Å². The molecule has 2 aromatic rings. The maximum Gasteiger partial charge on any atom is 0.224 e. The van der Waals surface area contributed by atoms with Crippen molar-refractivity contribution in [2.45, 2.75) is 18.5 Å². The molecule has 1 aromatic carbocycles. The number of anilines is 1. The third-order valence-electron chi connectivity index (χ3n) is 2.69. The smallest absolute Gasteiger partial charge is 0.224 e. The molecule has 0 unspecified atom stereocenters. The van der Waals surface area contributed by atoms with Crippen LogP contribution in [0.1, 0.15) is 23.7 Å². The van der Waals surface area contributed by atoms with Gasteiger partial charge in [0.2, 0.25) is 5.91 Å². The molecular weight excluding hydrogens is 286 g/mol. The molecule has 21 heavy (non-hydrogen) atoms. The van der Waals surface area contributed by atoms with Crippen molar-refractivity contribution in [2.24, 2.45) is 0 Å². The number of nitrogens with zero attached hydrogens (tertiary/aromatic N) is 2. The molecule has 0 aliphatic rings. The third kappa shape index (κ3) is 4.68. The van der Waals surface area contributed by atoms with E-state index in [1.807, 2.05) is 0 Å². The average Bonchev–Trinajstić information content (AvgIpc) is 2.54. The van der Waals surface area contributed by atoms with E-state index in [2.05, 4.69) is 15.3 Å². The van der Waals surface area contributed by atoms with Crippen molar-refractivity contribution >= 4 is 29.1 Å². The van der Waals surface area contributed by atoms with Gasteiger partial charge in [-0.25, -0.2) is 9.97 Å². The van der Waals surface area contributed by atoms with Crippen LogP contribution in [0, 0.1) is 0 Å². The van der Waals surface area contributed by atoms with Crippen molar-refractivity contribution in [1.29, 1.82) is 0 Å². The number of benzene rings is 1. The van der Waals surface area contributed by atoms with E-state index < -0.39 is 0 Å². The van der Waals surface area contributed by atoms with E-state index in [9.17, 15) is 9.59 Å². The topological polar surface area (TPSA) is 72.0 Å². The van der Waals surface area contributed by atoms with Crippen molar-refractivity contribution < 1.29 is 9.59 Å². The molecule has 0 bridgehead atoms. The lowest BCUT2D eigenvalue weighted by Crippen LogP contribution is -2.09. The van der Waals surface area contributed by atoms with Gasteiger partial charge in [-0.1, -0.05) is 18.7 Å². The standard InChI is InChI=1S/C15H15N3O2S/c1-2-14(20)18-12-6-4-11(5-7-12)13(19)10-21-15-16-8-3-9-17-15/h3-9H,2,10H2,1H3,(H,18,20). The van der Waals surface area contributed by atoms with Gasteiger partial charge in [-0.05, 0) is 30.3 Å². The van der Waals surface area contributed by atoms with Crippen LogP contribution in [0.2, 0.25) is 0 Å². The monoisotopic (exact) mass is 301 g/mol. The molecule has 1 aromatic heterocycles. The van der Waals surface area contributed by atoms with Gasteiger partial charge in [0.15, 0.2) is 10.9 Å². The second-order valence-electron chi connectivity index (χ2n) is 4.22. The number of hydrogen-bond acceptors (Lipinski definition) is 5. The van der Waals surface area contributed by atoms with Gasteiger partial charge in [0.1, 0.15) is 0 Å². The molecule has 0 aliphatic carbocycles. The Balaban J connectivity index is 1.92. The number of nitrogens with one attached hydrogen (secondary N) is 1. The SMILES string of the molecule is CCC(=O)Nc1ccc(C(=O)CSc2ncccn2)cc1. The van der Waals surface area contributed by atoms with E-state index in [0.717, 1.165) is 0 Å². The number of thioether (sulfide) groups is 1. The molecule has 6 heteroatoms. The van der Waals surface area contributed by atoms with Crippen LogP contribution in [0.4, 0.5) is 5.69 Å². The number of hydrogen-bond donors (Lipinski definition) is 1. The number of rotatable bonds is 6. The summed E-state index contributed by atoms with van der Waals surface area (Å²) in [5.41, 5.74) is 1.30. The van der Waals surface area contributed by atoms with Gasteiger partial charge in [0.05, 0.1) is 5.75 Å². The van der Waals surface area contributed by atoms with E-state index in [4.69, 9.17) is 0 Å². The minimum absolute atomic E-state index is 0.000760. The van der Waals surface area contributed by atoms with E-state index in [0.29, 0.717) is 22.8 Å². The Morgan fingerprint density at radius 2 is 1.81 bits per heavy atom. The van der Waals surface area contributed by atoms with Crippen molar-refractivity contribution in [3.05, 3.63) is 48.3 Å². The predicted octanol–water partition coefficient (Wildman–Crippen LogP) is 2.80. The molecule has 2 rings (SSSR count). The minimum Gasteiger partial charge on any atom is -0.326 e. The first-order valence-electron chi connectivity index (χ1n) is 6.52. The highest BCUT2D eigenvalue weighted by Crippen LogP contribution is 2.16. The Hall–Kier alpha value is -2.21. The number of ketones is 1. The molecule has 0 aliphatic heterocycles. The molecule has 5 nitrogen and oxygen atoms in total. The molecule has 1 N–H and O–H groups in total. The molecular formula is C15H15N3O2S. The summed E-state index contributed by atoms with van der Waals surface area (Å²) < 4.78 is 0. The lowest BCUT2D eigenvalue weighted by atomic mass is 10.1. The summed E-state index contributed by atoms with van der Waals surface area (Å²) in [4.78, 5) is 31.4. The second-order valence-corrected chi connectivity index (χ2v) is 5.16. The van der Waals surface area contributed by atoms with E-state index in [1.54, 1.807) is 49.6 Å². The second kappa shape index (κ2) is 7.54. The fraction of sp³-hybridized carbons (Fsp3) is 0.200. The number of amides is 1. The van der Waals surface area contributed by atoms with Crippen LogP contribution in [-0.4, -0.2) is 27.4 Å². The first-order valence-corrected chi connectivity index (χ1v) is 7.50. The predicted molar refractivity (Wildman–Crippen MR) is 82.4 cm³/mol. The van der Waals surface area contributed by atoms with Crippen LogP contribution >= 0.6 is 11.8 Å². The van der Waals surface area contributed by atoms with E-state index in [-0.39, 0.29) is 17.4 Å². The molecule has 0 radical (unpaired) electrons. The van der Waals surface area contributed by atoms with Gasteiger partial charge in [-0.2, -0.15) is 0 Å². The summed E-state index contributed by atoms with van der Waals surface area (Å²) in [6.07, 6.45) is 3.71. The summed E-state index contributed by atoms with van der Waals surface area (Å²) in [6.45, 7) is 1.79. The lowest BCUT2D eigenvalue weighted by molar-refractivity contribution is -0.115. The minimum atomic E-state index is -0.0501. The Labute approximate surface area is 127 Å². The zero-order chi connectivity index (χ0) is 15.1. The van der Waals surface area contributed by atoms with Crippen LogP contribution in [0.25, 0.3) is 0 Å². The highest BCUT2D eigenvalue weighted by atomic mass is 32.2. The van der Waals surface area contributed by atoms with Crippen LogP contribution in [-0.2, 0) is 4.79 Å². The van der Waals surface area contributed by atoms with Gasteiger partial charge in [-0.15, -0.1) is 0 Å². The Morgan fingerprint density at radius 1 is 1.14 bits per heavy atom. The summed E-state index contributed by atoms with van der Waals surface area (Å²) in [6, 6.07) is 8.60. The highest BCUT2D eigenvalue weighted by molar-refractivity contribution is 7.99. The zero-order valence-electron chi connectivity index (χ0n) is 11.6. The molecule has 0 spiro atoms. The Morgan fingerprint density at radius 3 is 2.43 bits per heavy atom. The van der Waals surface area contributed by atoms with E-state index >= 15 is 0 Å². The molecule has 0 saturated carbocycles. The summed E-state index contributed by atoms with van der Waals surface area (Å²) >= 11 is 1.30. The molecule has 1 heterocycles. The van der Waals surface area contributed by atoms with Gasteiger partial charge in [-0.3, -0.25) is 9.59 Å². The lowest BCUT2D eigenvalue weighted by Gasteiger charge is -2.05. The fourth-order valence-electron chi connectivity index (χ4n) is 1.56. The van der Waals surface area contributed by atoms with Crippen molar-refractivity contribution in [3.8, 4) is 0 Å². The number of carbonyl (C=O) groups is 2. The summed E-state index contributed by atoms with van der Waals surface area (Å²) in [5, 5.41) is 3.32. The van der Waals surface area contributed by atoms with Crippen LogP contribution in [0.3, 0.4) is 0 Å². The highest BCUT2D eigenvalue weighted by Gasteiger charge is 2.08. The summed E-state index contributed by atoms with van der Waals surface area (Å²) in [7, 11) is 0. The van der Waals surface area contributed by atoms with Gasteiger partial charge in [0, 0.05) is 30.1 Å². The first-order chi connectivity index (χ1) is 10.2. The largest absolute Gasteiger partial charge is 0.326 e. The number of carbonyl (C=O) groups excluding carboxylic acids is 2. The maximum atomic E-state index is 12.0. The van der Waals surface area contributed by atoms with Crippen molar-refractivity contribution in [2.75, 3.05) is 11.1 Å². The quantitative estimate of drug-likeness (QED) is 0.504. The molecule has 0 fully saturated rings.